The van der Waals surface area contributed by atoms with Gasteiger partial charge < -0.3 is 5.32 Å². The van der Waals surface area contributed by atoms with Gasteiger partial charge in [0.2, 0.25) is 5.91 Å². The van der Waals surface area contributed by atoms with Crippen LogP contribution in [0.2, 0.25) is 0 Å². The Bertz CT molecular complexity index is 559. The number of hydrogen-bond donors (Lipinski definition) is 1. The minimum absolute atomic E-state index is 0.0604. The van der Waals surface area contributed by atoms with Crippen LogP contribution in [0.4, 0.5) is 0 Å². The molecule has 1 aliphatic rings. The monoisotopic (exact) mass is 476 g/mol. The van der Waals surface area contributed by atoms with Crippen molar-refractivity contribution in [2.24, 2.45) is 4.99 Å². The Morgan fingerprint density at radius 3 is 1.88 bits per heavy atom. The highest BCUT2D eigenvalue weighted by atomic mass is 16.1. The third-order valence-electron chi connectivity index (χ3n) is 7.79. The minimum Gasteiger partial charge on any atom is -0.307 e. The van der Waals surface area contributed by atoms with Crippen molar-refractivity contribution < 1.29 is 9.28 Å². The SMILES string of the molecule is CCCC/C=C/CCCCCCCCCCCCCCCC1N=CC[N+]1(CC)C(C)NC(C)=O. The topological polar surface area (TPSA) is 41.5 Å². The molecular weight excluding hydrogens is 418 g/mol. The highest BCUT2D eigenvalue weighted by Crippen LogP contribution is 2.27. The van der Waals surface area contributed by atoms with Crippen LogP contribution in [0.1, 0.15) is 143 Å². The van der Waals surface area contributed by atoms with E-state index in [0.717, 1.165) is 24.0 Å². The van der Waals surface area contributed by atoms with Gasteiger partial charge in [0.05, 0.1) is 12.8 Å². The maximum absolute atomic E-state index is 11.6. The predicted molar refractivity (Wildman–Crippen MR) is 149 cm³/mol. The zero-order valence-corrected chi connectivity index (χ0v) is 23.3. The first-order valence-electron chi connectivity index (χ1n) is 14.9. The van der Waals surface area contributed by atoms with Gasteiger partial charge >= 0.3 is 0 Å². The Hall–Kier alpha value is -1.16. The fourth-order valence-electron chi connectivity index (χ4n) is 5.45. The molecule has 0 aromatic carbocycles. The van der Waals surface area contributed by atoms with Gasteiger partial charge in [-0.2, -0.15) is 0 Å². The maximum Gasteiger partial charge on any atom is 0.221 e. The lowest BCUT2D eigenvalue weighted by Gasteiger charge is -2.42. The number of aliphatic imine (C=N–C) groups is 1. The fourth-order valence-corrected chi connectivity index (χ4v) is 5.45. The number of unbranched alkanes of at least 4 members (excludes halogenated alkanes) is 15. The van der Waals surface area contributed by atoms with Crippen molar-refractivity contribution in [3.63, 3.8) is 0 Å². The Labute approximate surface area is 212 Å². The molecule has 0 bridgehead atoms. The number of nitrogens with one attached hydrogen (secondary N) is 1. The van der Waals surface area contributed by atoms with Crippen molar-refractivity contribution in [1.82, 2.24) is 5.32 Å². The van der Waals surface area contributed by atoms with Crippen molar-refractivity contribution in [2.75, 3.05) is 13.1 Å². The molecule has 198 valence electrons. The van der Waals surface area contributed by atoms with Crippen molar-refractivity contribution in [2.45, 2.75) is 156 Å². The largest absolute Gasteiger partial charge is 0.307 e. The molecule has 0 aromatic rings. The summed E-state index contributed by atoms with van der Waals surface area (Å²) in [5.41, 5.74) is 0. The van der Waals surface area contributed by atoms with Crippen LogP contribution in [0, 0.1) is 0 Å². The highest BCUT2D eigenvalue weighted by molar-refractivity contribution is 5.73. The number of quaternary nitrogens is 1. The molecule has 1 amide bonds. The third kappa shape index (κ3) is 13.1. The number of carbonyl (C=O) groups excluding carboxylic acids is 1. The Morgan fingerprint density at radius 2 is 1.38 bits per heavy atom. The Kier molecular flexibility index (Phi) is 18.2. The molecule has 3 atom stereocenters. The third-order valence-corrected chi connectivity index (χ3v) is 7.79. The van der Waals surface area contributed by atoms with Crippen LogP contribution in [-0.4, -0.2) is 42.0 Å². The van der Waals surface area contributed by atoms with E-state index in [9.17, 15) is 4.79 Å². The van der Waals surface area contributed by atoms with Crippen LogP contribution in [0.15, 0.2) is 17.1 Å². The van der Waals surface area contributed by atoms with E-state index in [-0.39, 0.29) is 12.1 Å². The van der Waals surface area contributed by atoms with Crippen LogP contribution >= 0.6 is 0 Å². The zero-order valence-electron chi connectivity index (χ0n) is 23.3. The van der Waals surface area contributed by atoms with Crippen LogP contribution in [0.3, 0.4) is 0 Å². The molecule has 1 rings (SSSR count). The van der Waals surface area contributed by atoms with E-state index in [1.807, 2.05) is 0 Å². The number of hydrogen-bond acceptors (Lipinski definition) is 2. The van der Waals surface area contributed by atoms with Crippen LogP contribution in [0.5, 0.6) is 0 Å². The lowest BCUT2D eigenvalue weighted by Crippen LogP contribution is -2.63. The van der Waals surface area contributed by atoms with Gasteiger partial charge in [-0.3, -0.25) is 9.28 Å². The molecule has 0 spiro atoms. The first-order chi connectivity index (χ1) is 16.6. The van der Waals surface area contributed by atoms with Crippen molar-refractivity contribution >= 4 is 12.1 Å². The predicted octanol–water partition coefficient (Wildman–Crippen LogP) is 8.31. The van der Waals surface area contributed by atoms with Crippen LogP contribution in [-0.2, 0) is 4.79 Å². The van der Waals surface area contributed by atoms with E-state index in [4.69, 9.17) is 4.99 Å². The van der Waals surface area contributed by atoms with Crippen molar-refractivity contribution in [3.8, 4) is 0 Å². The van der Waals surface area contributed by atoms with E-state index in [1.54, 1.807) is 6.92 Å². The first kappa shape index (κ1) is 30.9. The van der Waals surface area contributed by atoms with E-state index in [2.05, 4.69) is 44.5 Å². The molecule has 34 heavy (non-hydrogen) atoms. The summed E-state index contributed by atoms with van der Waals surface area (Å²) in [6.07, 6.45) is 31.7. The quantitative estimate of drug-likeness (QED) is 0.0952. The van der Waals surface area contributed by atoms with Gasteiger partial charge in [-0.15, -0.1) is 0 Å². The molecule has 3 unspecified atom stereocenters. The molecule has 0 saturated carbocycles. The average molecular weight is 477 g/mol. The van der Waals surface area contributed by atoms with E-state index >= 15 is 0 Å². The first-order valence-corrected chi connectivity index (χ1v) is 14.9. The van der Waals surface area contributed by atoms with Gasteiger partial charge in [-0.05, 0) is 32.6 Å². The molecule has 1 N–H and O–H groups in total. The van der Waals surface area contributed by atoms with E-state index in [1.165, 1.54) is 109 Å². The fraction of sp³-hybridized carbons (Fsp3) is 0.867. The zero-order chi connectivity index (χ0) is 24.9. The smallest absolute Gasteiger partial charge is 0.221 e. The summed E-state index contributed by atoms with van der Waals surface area (Å²) in [5.74, 6) is 0.0604. The van der Waals surface area contributed by atoms with Gasteiger partial charge in [0.25, 0.3) is 0 Å². The normalized spacial score (nSPS) is 20.9. The molecule has 1 heterocycles. The number of rotatable bonds is 22. The molecule has 0 radical (unpaired) electrons. The molecule has 1 aliphatic heterocycles. The van der Waals surface area contributed by atoms with Crippen LogP contribution in [0.25, 0.3) is 0 Å². The standard InChI is InChI=1S/C30H57N3O/c1-5-7-8-9-10-11-12-13-14-15-16-17-18-19-20-21-22-23-24-25-30-31-26-27-33(30,6-2)28(3)32-29(4)34/h9-10,26,28,30H,5-8,11-25,27H2,1-4H3/p+1/b10-9+. The second-order valence-electron chi connectivity index (χ2n) is 10.6. The summed E-state index contributed by atoms with van der Waals surface area (Å²) in [7, 11) is 0. The van der Waals surface area contributed by atoms with E-state index < -0.39 is 0 Å². The molecule has 4 nitrogen and oxygen atoms in total. The summed E-state index contributed by atoms with van der Waals surface area (Å²) < 4.78 is 0.885. The highest BCUT2D eigenvalue weighted by Gasteiger charge is 2.42. The van der Waals surface area contributed by atoms with Gasteiger partial charge in [0, 0.05) is 20.3 Å². The number of allylic oxidation sites excluding steroid dienone is 2. The van der Waals surface area contributed by atoms with Gasteiger partial charge in [-0.1, -0.05) is 103 Å². The second kappa shape index (κ2) is 20.1. The minimum atomic E-state index is 0.0604. The molecule has 0 aromatic heterocycles. The Balaban J connectivity index is 1.93. The second-order valence-corrected chi connectivity index (χ2v) is 10.6. The van der Waals surface area contributed by atoms with Gasteiger partial charge in [0.1, 0.15) is 6.54 Å². The number of nitrogens with zero attached hydrogens (tertiary/aromatic N) is 2. The molecule has 0 saturated heterocycles. The van der Waals surface area contributed by atoms with Crippen molar-refractivity contribution in [3.05, 3.63) is 12.2 Å². The van der Waals surface area contributed by atoms with Crippen molar-refractivity contribution in [1.29, 1.82) is 0 Å². The summed E-state index contributed by atoms with van der Waals surface area (Å²) >= 11 is 0. The molecule has 0 aliphatic carbocycles. The lowest BCUT2D eigenvalue weighted by atomic mass is 10.0. The Morgan fingerprint density at radius 1 is 0.882 bits per heavy atom. The maximum atomic E-state index is 11.6. The summed E-state index contributed by atoms with van der Waals surface area (Å²) in [6.45, 7) is 10.2. The van der Waals surface area contributed by atoms with E-state index in [0.29, 0.717) is 6.17 Å². The average Bonchev–Trinajstić information content (AvgIpc) is 3.24. The molecular formula is C30H58N3O+. The summed E-state index contributed by atoms with van der Waals surface area (Å²) in [5, 5.41) is 3.12. The molecule has 4 heteroatoms. The van der Waals surface area contributed by atoms with Gasteiger partial charge in [0.15, 0.2) is 12.3 Å². The number of amides is 1. The van der Waals surface area contributed by atoms with Crippen LogP contribution < -0.4 is 5.32 Å². The number of carbonyl (C=O) groups is 1. The van der Waals surface area contributed by atoms with Gasteiger partial charge in [-0.25, -0.2) is 4.99 Å². The lowest BCUT2D eigenvalue weighted by molar-refractivity contribution is -0.959. The molecule has 0 fully saturated rings. The summed E-state index contributed by atoms with van der Waals surface area (Å²) in [4.78, 5) is 16.4. The summed E-state index contributed by atoms with van der Waals surface area (Å²) in [6, 6.07) is 0.